The second-order valence-electron chi connectivity index (χ2n) is 10.5. The molecule has 9 nitrogen and oxygen atoms in total. The predicted octanol–water partition coefficient (Wildman–Crippen LogP) is 7.32. The third-order valence-corrected chi connectivity index (χ3v) is 8.88. The number of rotatable bonds is 8. The van der Waals surface area contributed by atoms with Crippen LogP contribution in [0.5, 0.6) is 23.0 Å². The fourth-order valence-corrected chi connectivity index (χ4v) is 6.77. The van der Waals surface area contributed by atoms with Crippen molar-refractivity contribution in [3.8, 4) is 23.0 Å². The van der Waals surface area contributed by atoms with E-state index in [1.54, 1.807) is 54.6 Å². The third kappa shape index (κ3) is 5.50. The average molecular weight is 655 g/mol. The fourth-order valence-electron chi connectivity index (χ4n) is 5.50. The van der Waals surface area contributed by atoms with Gasteiger partial charge in [-0.2, -0.15) is 0 Å². The van der Waals surface area contributed by atoms with Crippen LogP contribution in [0, 0.1) is 0 Å². The van der Waals surface area contributed by atoms with Gasteiger partial charge in [-0.1, -0.05) is 59.3 Å². The molecule has 2 aliphatic rings. The van der Waals surface area contributed by atoms with Gasteiger partial charge in [-0.15, -0.1) is 0 Å². The van der Waals surface area contributed by atoms with E-state index in [9.17, 15) is 14.7 Å². The summed E-state index contributed by atoms with van der Waals surface area (Å²) in [5, 5.41) is 12.5. The minimum Gasteiger partial charge on any atom is -0.507 e. The summed E-state index contributed by atoms with van der Waals surface area (Å²) >= 11 is 7.46. The summed E-state index contributed by atoms with van der Waals surface area (Å²) in [6.07, 6.45) is 0. The first-order chi connectivity index (χ1) is 22.4. The number of carbonyl (C=O) groups excluding carboxylic acids is 2. The number of aromatic nitrogens is 1. The van der Waals surface area contributed by atoms with E-state index in [1.807, 2.05) is 37.3 Å². The molecule has 11 heteroatoms. The zero-order valence-corrected chi connectivity index (χ0v) is 26.1. The number of thiazole rings is 1. The van der Waals surface area contributed by atoms with Crippen LogP contribution in [-0.2, 0) is 16.2 Å². The molecule has 3 heterocycles. The van der Waals surface area contributed by atoms with Crippen molar-refractivity contribution in [1.82, 2.24) is 4.98 Å². The van der Waals surface area contributed by atoms with Crippen LogP contribution in [0.25, 0.3) is 16.0 Å². The van der Waals surface area contributed by atoms with Gasteiger partial charge in [-0.05, 0) is 66.6 Å². The molecular weight excluding hydrogens is 628 g/mol. The van der Waals surface area contributed by atoms with E-state index in [1.165, 1.54) is 16.2 Å². The van der Waals surface area contributed by atoms with E-state index in [0.29, 0.717) is 71.1 Å². The second-order valence-corrected chi connectivity index (χ2v) is 12.0. The van der Waals surface area contributed by atoms with Gasteiger partial charge in [0.25, 0.3) is 5.78 Å². The Labute approximate surface area is 273 Å². The molecule has 0 unspecified atom stereocenters. The maximum absolute atomic E-state index is 13.8. The lowest BCUT2D eigenvalue weighted by atomic mass is 9.95. The van der Waals surface area contributed by atoms with Crippen molar-refractivity contribution in [3.05, 3.63) is 112 Å². The number of hydrogen-bond acceptors (Lipinski definition) is 9. The Morgan fingerprint density at radius 3 is 2.57 bits per heavy atom. The average Bonchev–Trinajstić information content (AvgIpc) is 3.61. The smallest absolute Gasteiger partial charge is 0.301 e. The number of fused-ring (bicyclic) bond motifs is 2. The normalized spacial score (nSPS) is 17.0. The highest BCUT2D eigenvalue weighted by Gasteiger charge is 2.48. The van der Waals surface area contributed by atoms with Crippen molar-refractivity contribution < 1.29 is 33.6 Å². The van der Waals surface area contributed by atoms with E-state index in [-0.39, 0.29) is 16.5 Å². The summed E-state index contributed by atoms with van der Waals surface area (Å²) in [5.74, 6) is -0.143. The Bertz CT molecular complexity index is 2010. The number of hydrogen-bond donors (Lipinski definition) is 1. The topological polar surface area (TPSA) is 107 Å². The molecular formula is C35H27ClN2O7S. The minimum absolute atomic E-state index is 0.0978. The number of anilines is 1. The van der Waals surface area contributed by atoms with E-state index < -0.39 is 17.7 Å². The number of Topliss-reactive ketones (excluding diaryl/α,β-unsaturated/α-hetero) is 1. The quantitative estimate of drug-likeness (QED) is 0.105. The summed E-state index contributed by atoms with van der Waals surface area (Å²) in [5.41, 5.74) is 2.33. The van der Waals surface area contributed by atoms with E-state index in [2.05, 4.69) is 4.98 Å². The molecule has 1 atom stereocenters. The van der Waals surface area contributed by atoms with E-state index >= 15 is 0 Å². The largest absolute Gasteiger partial charge is 0.507 e. The Morgan fingerprint density at radius 2 is 1.76 bits per heavy atom. The molecule has 4 aromatic carbocycles. The predicted molar refractivity (Wildman–Crippen MR) is 175 cm³/mol. The van der Waals surface area contributed by atoms with E-state index in [0.717, 1.165) is 10.3 Å². The second kappa shape index (κ2) is 12.4. The molecule has 46 heavy (non-hydrogen) atoms. The first-order valence-electron chi connectivity index (χ1n) is 14.6. The molecule has 5 aromatic rings. The standard InChI is InChI=1S/C35H27ClN2O7S/c1-2-42-27-16-21(8-12-26(27)45-19-20-6-4-3-5-7-20)31-30(32(39)22-9-13-25-28(17-22)44-15-14-43-25)33(40)34(41)38(31)35-37-24-11-10-23(36)18-29(24)46-35/h3-13,16-18,31,39H,2,14-15,19H2,1H3/b32-30+/t31-/m0/s1. The van der Waals surface area contributed by atoms with Gasteiger partial charge in [0.1, 0.15) is 25.6 Å². The van der Waals surface area contributed by atoms with Gasteiger partial charge in [-0.3, -0.25) is 14.5 Å². The molecule has 232 valence electrons. The lowest BCUT2D eigenvalue weighted by Gasteiger charge is -2.24. The molecule has 0 spiro atoms. The number of ether oxygens (including phenoxy) is 4. The van der Waals surface area contributed by atoms with Crippen LogP contribution in [-0.4, -0.2) is 41.6 Å². The molecule has 0 saturated carbocycles. The maximum atomic E-state index is 13.8. The zero-order valence-electron chi connectivity index (χ0n) is 24.6. The summed E-state index contributed by atoms with van der Waals surface area (Å²) in [4.78, 5) is 33.6. The van der Waals surface area contributed by atoms with Gasteiger partial charge in [0, 0.05) is 10.6 Å². The van der Waals surface area contributed by atoms with Gasteiger partial charge in [-0.25, -0.2) is 4.98 Å². The molecule has 0 aliphatic carbocycles. The maximum Gasteiger partial charge on any atom is 0.301 e. The Kier molecular flexibility index (Phi) is 7.98. The summed E-state index contributed by atoms with van der Waals surface area (Å²) < 4.78 is 24.2. The molecule has 7 rings (SSSR count). The van der Waals surface area contributed by atoms with Crippen molar-refractivity contribution >= 4 is 55.7 Å². The monoisotopic (exact) mass is 654 g/mol. The van der Waals surface area contributed by atoms with Gasteiger partial charge in [0.15, 0.2) is 28.1 Å². The van der Waals surface area contributed by atoms with Crippen molar-refractivity contribution in [2.24, 2.45) is 0 Å². The zero-order chi connectivity index (χ0) is 31.8. The number of halogens is 1. The molecule has 1 aromatic heterocycles. The first kappa shape index (κ1) is 29.6. The van der Waals surface area contributed by atoms with Gasteiger partial charge < -0.3 is 24.1 Å². The Morgan fingerprint density at radius 1 is 0.957 bits per heavy atom. The highest BCUT2D eigenvalue weighted by molar-refractivity contribution is 7.22. The van der Waals surface area contributed by atoms with Gasteiger partial charge in [0.05, 0.1) is 28.4 Å². The van der Waals surface area contributed by atoms with Crippen LogP contribution < -0.4 is 23.8 Å². The number of amides is 1. The number of carbonyl (C=O) groups is 2. The number of aliphatic hydroxyl groups is 1. The van der Waals surface area contributed by atoms with Crippen molar-refractivity contribution in [2.75, 3.05) is 24.7 Å². The van der Waals surface area contributed by atoms with Crippen molar-refractivity contribution in [1.29, 1.82) is 0 Å². The molecule has 1 N–H and O–H groups in total. The summed E-state index contributed by atoms with van der Waals surface area (Å²) in [6.45, 7) is 3.28. The van der Waals surface area contributed by atoms with Crippen molar-refractivity contribution in [3.63, 3.8) is 0 Å². The lowest BCUT2D eigenvalue weighted by Crippen LogP contribution is -2.29. The van der Waals surface area contributed by atoms with Crippen LogP contribution in [0.3, 0.4) is 0 Å². The number of aliphatic hydroxyl groups excluding tert-OH is 1. The molecule has 1 amide bonds. The number of ketones is 1. The number of nitrogens with zero attached hydrogens (tertiary/aromatic N) is 2. The first-order valence-corrected chi connectivity index (χ1v) is 15.8. The fraction of sp³-hybridized carbons (Fsp3) is 0.171. The van der Waals surface area contributed by atoms with Crippen LogP contribution in [0.4, 0.5) is 5.13 Å². The van der Waals surface area contributed by atoms with Crippen LogP contribution in [0.2, 0.25) is 5.02 Å². The highest BCUT2D eigenvalue weighted by atomic mass is 35.5. The number of benzene rings is 4. The SMILES string of the molecule is CCOc1cc([C@H]2/C(=C(\O)c3ccc4c(c3)OCCO4)C(=O)C(=O)N2c2nc3ccc(Cl)cc3s2)ccc1OCc1ccccc1. The van der Waals surface area contributed by atoms with Gasteiger partial charge >= 0.3 is 5.91 Å². The van der Waals surface area contributed by atoms with Gasteiger partial charge in [0.2, 0.25) is 0 Å². The molecule has 1 fully saturated rings. The molecule has 0 bridgehead atoms. The molecule has 2 aliphatic heterocycles. The van der Waals surface area contributed by atoms with Crippen molar-refractivity contribution in [2.45, 2.75) is 19.6 Å². The van der Waals surface area contributed by atoms with Crippen LogP contribution in [0.1, 0.15) is 29.7 Å². The highest BCUT2D eigenvalue weighted by Crippen LogP contribution is 2.46. The molecule has 1 saturated heterocycles. The minimum atomic E-state index is -1.04. The summed E-state index contributed by atoms with van der Waals surface area (Å²) in [7, 11) is 0. The van der Waals surface area contributed by atoms with Crippen LogP contribution in [0.15, 0.2) is 90.5 Å². The Balaban J connectivity index is 1.36. The lowest BCUT2D eigenvalue weighted by molar-refractivity contribution is -0.132. The third-order valence-electron chi connectivity index (χ3n) is 7.63. The van der Waals surface area contributed by atoms with Crippen LogP contribution >= 0.6 is 22.9 Å². The van der Waals surface area contributed by atoms with E-state index in [4.69, 9.17) is 30.5 Å². The molecule has 0 radical (unpaired) electrons. The summed E-state index contributed by atoms with van der Waals surface area (Å²) in [6, 6.07) is 24.0. The Hall–Kier alpha value is -5.06.